The molecule has 0 radical (unpaired) electrons. The summed E-state index contributed by atoms with van der Waals surface area (Å²) in [6.45, 7) is 2.39. The standard InChI is InChI=1S/C14H12F3NO/c1-10-2-4-11(5-3-10)8-18-7-6-12(9-18)13(19)14(15,16)17/h2-7,9H,8H2,1H3. The lowest BCUT2D eigenvalue weighted by Crippen LogP contribution is -2.22. The van der Waals surface area contributed by atoms with Gasteiger partial charge in [-0.2, -0.15) is 13.2 Å². The molecular formula is C14H12F3NO. The Morgan fingerprint density at radius 2 is 1.79 bits per heavy atom. The minimum atomic E-state index is -4.82. The van der Waals surface area contributed by atoms with E-state index in [1.165, 1.54) is 18.5 Å². The van der Waals surface area contributed by atoms with Gasteiger partial charge in [-0.3, -0.25) is 4.79 Å². The zero-order valence-corrected chi connectivity index (χ0v) is 10.2. The van der Waals surface area contributed by atoms with Gasteiger partial charge in [0.2, 0.25) is 0 Å². The number of aryl methyl sites for hydroxylation is 1. The molecule has 0 fully saturated rings. The molecule has 0 aliphatic carbocycles. The van der Waals surface area contributed by atoms with E-state index in [1.807, 2.05) is 31.2 Å². The van der Waals surface area contributed by atoms with Crippen LogP contribution in [0.4, 0.5) is 13.2 Å². The highest BCUT2D eigenvalue weighted by atomic mass is 19.4. The fourth-order valence-electron chi connectivity index (χ4n) is 1.74. The van der Waals surface area contributed by atoms with E-state index in [0.29, 0.717) is 6.54 Å². The van der Waals surface area contributed by atoms with Gasteiger partial charge < -0.3 is 4.57 Å². The summed E-state index contributed by atoms with van der Waals surface area (Å²) in [5.41, 5.74) is 1.75. The molecule has 0 N–H and O–H groups in total. The Bertz CT molecular complexity index is 581. The number of nitrogens with zero attached hydrogens (tertiary/aromatic N) is 1. The van der Waals surface area contributed by atoms with Gasteiger partial charge >= 0.3 is 6.18 Å². The largest absolute Gasteiger partial charge is 0.454 e. The molecule has 0 atom stereocenters. The topological polar surface area (TPSA) is 22.0 Å². The fraction of sp³-hybridized carbons (Fsp3) is 0.214. The van der Waals surface area contributed by atoms with Crippen LogP contribution in [0.15, 0.2) is 42.7 Å². The van der Waals surface area contributed by atoms with Crippen molar-refractivity contribution in [3.05, 3.63) is 59.4 Å². The molecule has 5 heteroatoms. The van der Waals surface area contributed by atoms with Gasteiger partial charge in [0.15, 0.2) is 0 Å². The summed E-state index contributed by atoms with van der Waals surface area (Å²) in [6, 6.07) is 8.85. The van der Waals surface area contributed by atoms with Crippen LogP contribution in [0.5, 0.6) is 0 Å². The van der Waals surface area contributed by atoms with Crippen molar-refractivity contribution in [2.75, 3.05) is 0 Å². The average molecular weight is 267 g/mol. The van der Waals surface area contributed by atoms with Crippen molar-refractivity contribution >= 4 is 5.78 Å². The molecule has 0 spiro atoms. The molecule has 0 unspecified atom stereocenters. The van der Waals surface area contributed by atoms with Crippen LogP contribution in [0.25, 0.3) is 0 Å². The first-order valence-corrected chi connectivity index (χ1v) is 5.69. The molecule has 2 aromatic rings. The molecule has 100 valence electrons. The Hall–Kier alpha value is -2.04. The number of halogens is 3. The maximum Gasteiger partial charge on any atom is 0.454 e. The van der Waals surface area contributed by atoms with Crippen molar-refractivity contribution < 1.29 is 18.0 Å². The van der Waals surface area contributed by atoms with Gasteiger partial charge in [0.25, 0.3) is 5.78 Å². The number of carbonyl (C=O) groups is 1. The Balaban J connectivity index is 2.14. The van der Waals surface area contributed by atoms with Crippen molar-refractivity contribution in [1.82, 2.24) is 4.57 Å². The number of benzene rings is 1. The summed E-state index contributed by atoms with van der Waals surface area (Å²) in [4.78, 5) is 11.0. The van der Waals surface area contributed by atoms with Crippen molar-refractivity contribution in [2.24, 2.45) is 0 Å². The summed E-state index contributed by atoms with van der Waals surface area (Å²) in [5, 5.41) is 0. The highest BCUT2D eigenvalue weighted by Crippen LogP contribution is 2.21. The van der Waals surface area contributed by atoms with Gasteiger partial charge in [0, 0.05) is 24.5 Å². The Labute approximate surface area is 108 Å². The number of hydrogen-bond acceptors (Lipinski definition) is 1. The normalized spacial score (nSPS) is 11.6. The molecular weight excluding hydrogens is 255 g/mol. The average Bonchev–Trinajstić information content (AvgIpc) is 2.78. The maximum absolute atomic E-state index is 12.3. The van der Waals surface area contributed by atoms with Crippen LogP contribution in [-0.4, -0.2) is 16.5 Å². The molecule has 0 amide bonds. The molecule has 0 aliphatic heterocycles. The van der Waals surface area contributed by atoms with E-state index in [2.05, 4.69) is 0 Å². The van der Waals surface area contributed by atoms with Gasteiger partial charge in [-0.05, 0) is 18.6 Å². The van der Waals surface area contributed by atoms with E-state index in [0.717, 1.165) is 11.1 Å². The maximum atomic E-state index is 12.3. The van der Waals surface area contributed by atoms with Crippen molar-refractivity contribution in [2.45, 2.75) is 19.6 Å². The lowest BCUT2D eigenvalue weighted by atomic mass is 10.1. The van der Waals surface area contributed by atoms with Gasteiger partial charge in [-0.1, -0.05) is 29.8 Å². The van der Waals surface area contributed by atoms with E-state index in [4.69, 9.17) is 0 Å². The Morgan fingerprint density at radius 1 is 1.16 bits per heavy atom. The van der Waals surface area contributed by atoms with Crippen molar-refractivity contribution in [3.63, 3.8) is 0 Å². The van der Waals surface area contributed by atoms with Gasteiger partial charge in [0.05, 0.1) is 0 Å². The minimum absolute atomic E-state index is 0.334. The summed E-state index contributed by atoms with van der Waals surface area (Å²) in [5.74, 6) is -1.81. The van der Waals surface area contributed by atoms with Crippen LogP contribution in [0.3, 0.4) is 0 Å². The number of alkyl halides is 3. The van der Waals surface area contributed by atoms with E-state index in [9.17, 15) is 18.0 Å². The minimum Gasteiger partial charge on any atom is -0.349 e. The monoisotopic (exact) mass is 267 g/mol. The van der Waals surface area contributed by atoms with E-state index in [1.54, 1.807) is 4.57 Å². The zero-order valence-electron chi connectivity index (χ0n) is 10.2. The molecule has 2 rings (SSSR count). The van der Waals surface area contributed by atoms with Crippen LogP contribution in [0.2, 0.25) is 0 Å². The van der Waals surface area contributed by atoms with E-state index < -0.39 is 12.0 Å². The zero-order chi connectivity index (χ0) is 14.0. The third-order valence-electron chi connectivity index (χ3n) is 2.76. The number of hydrogen-bond donors (Lipinski definition) is 0. The van der Waals surface area contributed by atoms with Gasteiger partial charge in [-0.25, -0.2) is 0 Å². The molecule has 0 saturated heterocycles. The van der Waals surface area contributed by atoms with E-state index >= 15 is 0 Å². The highest BCUT2D eigenvalue weighted by Gasteiger charge is 2.39. The van der Waals surface area contributed by atoms with E-state index in [-0.39, 0.29) is 5.56 Å². The summed E-state index contributed by atoms with van der Waals surface area (Å²) in [7, 11) is 0. The number of ketones is 1. The number of Topliss-reactive ketones (excluding diaryl/α,β-unsaturated/α-hetero) is 1. The number of carbonyl (C=O) groups excluding carboxylic acids is 1. The molecule has 1 heterocycles. The smallest absolute Gasteiger partial charge is 0.349 e. The molecule has 0 saturated carbocycles. The second-order valence-corrected chi connectivity index (χ2v) is 4.38. The third-order valence-corrected chi connectivity index (χ3v) is 2.76. The second-order valence-electron chi connectivity index (χ2n) is 4.38. The van der Waals surface area contributed by atoms with Gasteiger partial charge in [-0.15, -0.1) is 0 Å². The molecule has 1 aromatic heterocycles. The number of rotatable bonds is 3. The third kappa shape index (κ3) is 3.24. The van der Waals surface area contributed by atoms with Crippen molar-refractivity contribution in [3.8, 4) is 0 Å². The SMILES string of the molecule is Cc1ccc(Cn2ccc(C(=O)C(F)(F)F)c2)cc1. The molecule has 1 aromatic carbocycles. The fourth-order valence-corrected chi connectivity index (χ4v) is 1.74. The van der Waals surface area contributed by atoms with Crippen LogP contribution >= 0.6 is 0 Å². The lowest BCUT2D eigenvalue weighted by Gasteiger charge is -2.04. The lowest BCUT2D eigenvalue weighted by molar-refractivity contribution is -0.0885. The Morgan fingerprint density at radius 3 is 2.37 bits per heavy atom. The summed E-state index contributed by atoms with van der Waals surface area (Å²) >= 11 is 0. The summed E-state index contributed by atoms with van der Waals surface area (Å²) < 4.78 is 38.3. The molecule has 0 bridgehead atoms. The number of aromatic nitrogens is 1. The quantitative estimate of drug-likeness (QED) is 0.779. The Kier molecular flexibility index (Phi) is 3.46. The van der Waals surface area contributed by atoms with Crippen LogP contribution < -0.4 is 0 Å². The van der Waals surface area contributed by atoms with Crippen LogP contribution in [-0.2, 0) is 6.54 Å². The predicted octanol–water partition coefficient (Wildman–Crippen LogP) is 3.59. The second kappa shape index (κ2) is 4.91. The predicted molar refractivity (Wildman–Crippen MR) is 65.1 cm³/mol. The van der Waals surface area contributed by atoms with Crippen LogP contribution in [0.1, 0.15) is 21.5 Å². The van der Waals surface area contributed by atoms with Crippen molar-refractivity contribution in [1.29, 1.82) is 0 Å². The molecule has 2 nitrogen and oxygen atoms in total. The van der Waals surface area contributed by atoms with Crippen LogP contribution in [0, 0.1) is 6.92 Å². The first-order valence-electron chi connectivity index (χ1n) is 5.69. The first-order chi connectivity index (χ1) is 8.86. The highest BCUT2D eigenvalue weighted by molar-refractivity contribution is 6.00. The first kappa shape index (κ1) is 13.4. The summed E-state index contributed by atoms with van der Waals surface area (Å²) in [6.07, 6.45) is -2.13. The molecule has 0 aliphatic rings. The van der Waals surface area contributed by atoms with Gasteiger partial charge in [0.1, 0.15) is 0 Å². The molecule has 19 heavy (non-hydrogen) atoms.